The normalized spacial score (nSPS) is 20.8. The van der Waals surface area contributed by atoms with Crippen LogP contribution >= 0.6 is 0 Å². The quantitative estimate of drug-likeness (QED) is 0.903. The molecule has 0 saturated heterocycles. The van der Waals surface area contributed by atoms with E-state index in [2.05, 4.69) is 10.3 Å². The Morgan fingerprint density at radius 1 is 1.33 bits per heavy atom. The van der Waals surface area contributed by atoms with Crippen LogP contribution in [0.3, 0.4) is 0 Å². The predicted octanol–water partition coefficient (Wildman–Crippen LogP) is 3.34. The number of nitrogen functional groups attached to an aromatic ring is 1. The highest BCUT2D eigenvalue weighted by atomic mass is 16.5. The van der Waals surface area contributed by atoms with Crippen LogP contribution in [0, 0.1) is 6.92 Å². The number of nitrogens with one attached hydrogen (secondary N) is 1. The maximum Gasteiger partial charge on any atom is 0.219 e. The van der Waals surface area contributed by atoms with Crippen LogP contribution in [0.2, 0.25) is 0 Å². The summed E-state index contributed by atoms with van der Waals surface area (Å²) in [7, 11) is 0. The zero-order valence-electron chi connectivity index (χ0n) is 14.3. The summed E-state index contributed by atoms with van der Waals surface area (Å²) in [6, 6.07) is 8.03. The van der Waals surface area contributed by atoms with E-state index in [1.165, 1.54) is 0 Å². The first-order valence-corrected chi connectivity index (χ1v) is 8.68. The molecule has 1 aliphatic carbocycles. The molecule has 128 valence electrons. The Hall–Kier alpha value is -2.30. The third kappa shape index (κ3) is 3.61. The van der Waals surface area contributed by atoms with E-state index < -0.39 is 0 Å². The molecule has 0 radical (unpaired) electrons. The number of hydrogen-bond acceptors (Lipinski definition) is 4. The number of rotatable bonds is 4. The standard InChI is InChI=1S/C19H25N3O2/c1-3-18(23)22-13-7-9-14(10-8-13)24-17-6-4-5-16-19(17)15(20)11-12(2)21-16/h4-6,11,13-14H,3,7-10H2,1-2H3,(H2,20,21)(H,22,23). The largest absolute Gasteiger partial charge is 0.490 e. The molecule has 0 bridgehead atoms. The number of amides is 1. The summed E-state index contributed by atoms with van der Waals surface area (Å²) >= 11 is 0. The average Bonchev–Trinajstić information content (AvgIpc) is 2.56. The number of fused-ring (bicyclic) bond motifs is 1. The van der Waals surface area contributed by atoms with Crippen LogP contribution in [-0.4, -0.2) is 23.0 Å². The van der Waals surface area contributed by atoms with E-state index in [1.54, 1.807) is 0 Å². The first-order chi connectivity index (χ1) is 11.6. The lowest BCUT2D eigenvalue weighted by atomic mass is 9.92. The molecule has 1 amide bonds. The van der Waals surface area contributed by atoms with Crippen molar-refractivity contribution in [1.29, 1.82) is 0 Å². The highest BCUT2D eigenvalue weighted by molar-refractivity contribution is 5.95. The summed E-state index contributed by atoms with van der Waals surface area (Å²) in [6.45, 7) is 3.82. The topological polar surface area (TPSA) is 77.2 Å². The van der Waals surface area contributed by atoms with Crippen molar-refractivity contribution in [3.8, 4) is 5.75 Å². The Labute approximate surface area is 142 Å². The van der Waals surface area contributed by atoms with E-state index in [-0.39, 0.29) is 18.1 Å². The molecule has 0 atom stereocenters. The Morgan fingerprint density at radius 2 is 2.08 bits per heavy atom. The fourth-order valence-electron chi connectivity index (χ4n) is 3.35. The summed E-state index contributed by atoms with van der Waals surface area (Å²) in [4.78, 5) is 16.0. The molecule has 1 aromatic heterocycles. The van der Waals surface area contributed by atoms with E-state index in [0.29, 0.717) is 12.1 Å². The van der Waals surface area contributed by atoms with Crippen molar-refractivity contribution in [1.82, 2.24) is 10.3 Å². The fraction of sp³-hybridized carbons (Fsp3) is 0.474. The van der Waals surface area contributed by atoms with Gasteiger partial charge in [0, 0.05) is 23.8 Å². The molecular weight excluding hydrogens is 302 g/mol. The number of carbonyl (C=O) groups excluding carboxylic acids is 1. The van der Waals surface area contributed by atoms with Crippen LogP contribution in [-0.2, 0) is 4.79 Å². The molecule has 3 N–H and O–H groups in total. The van der Waals surface area contributed by atoms with Gasteiger partial charge < -0.3 is 15.8 Å². The Bertz CT molecular complexity index is 737. The van der Waals surface area contributed by atoms with Gasteiger partial charge in [0.1, 0.15) is 5.75 Å². The predicted molar refractivity (Wildman–Crippen MR) is 96.0 cm³/mol. The Morgan fingerprint density at radius 3 is 2.79 bits per heavy atom. The fourth-order valence-corrected chi connectivity index (χ4v) is 3.35. The van der Waals surface area contributed by atoms with Gasteiger partial charge in [0.2, 0.25) is 5.91 Å². The maximum atomic E-state index is 11.5. The zero-order chi connectivity index (χ0) is 17.1. The zero-order valence-corrected chi connectivity index (χ0v) is 14.3. The minimum Gasteiger partial charge on any atom is -0.490 e. The Kier molecular flexibility index (Phi) is 4.88. The number of aromatic nitrogens is 1. The average molecular weight is 327 g/mol. The summed E-state index contributed by atoms with van der Waals surface area (Å²) in [5.74, 6) is 0.932. The lowest BCUT2D eigenvalue weighted by Gasteiger charge is -2.30. The molecule has 5 nitrogen and oxygen atoms in total. The number of carbonyl (C=O) groups is 1. The molecule has 0 aliphatic heterocycles. The van der Waals surface area contributed by atoms with E-state index in [1.807, 2.05) is 38.1 Å². The van der Waals surface area contributed by atoms with Crippen LogP contribution in [0.15, 0.2) is 24.3 Å². The monoisotopic (exact) mass is 327 g/mol. The van der Waals surface area contributed by atoms with Crippen molar-refractivity contribution in [2.24, 2.45) is 0 Å². The van der Waals surface area contributed by atoms with Gasteiger partial charge in [-0.2, -0.15) is 0 Å². The second-order valence-corrected chi connectivity index (χ2v) is 6.52. The second-order valence-electron chi connectivity index (χ2n) is 6.52. The molecule has 1 fully saturated rings. The first-order valence-electron chi connectivity index (χ1n) is 8.68. The van der Waals surface area contributed by atoms with Crippen molar-refractivity contribution in [3.05, 3.63) is 30.0 Å². The van der Waals surface area contributed by atoms with Crippen LogP contribution in [0.1, 0.15) is 44.7 Å². The lowest BCUT2D eigenvalue weighted by molar-refractivity contribution is -0.121. The molecule has 1 saturated carbocycles. The number of anilines is 1. The molecule has 1 aromatic carbocycles. The van der Waals surface area contributed by atoms with Gasteiger partial charge in [-0.15, -0.1) is 0 Å². The number of aryl methyl sites for hydroxylation is 1. The molecule has 0 spiro atoms. The third-order valence-corrected chi connectivity index (χ3v) is 4.61. The summed E-state index contributed by atoms with van der Waals surface area (Å²) in [6.07, 6.45) is 4.47. The van der Waals surface area contributed by atoms with E-state index in [0.717, 1.165) is 48.0 Å². The number of nitrogens with two attached hydrogens (primary N) is 1. The number of pyridine rings is 1. The maximum absolute atomic E-state index is 11.5. The summed E-state index contributed by atoms with van der Waals surface area (Å²) in [5.41, 5.74) is 8.67. The van der Waals surface area contributed by atoms with Crippen LogP contribution < -0.4 is 15.8 Å². The number of nitrogens with zero attached hydrogens (tertiary/aromatic N) is 1. The minimum atomic E-state index is 0.127. The van der Waals surface area contributed by atoms with Gasteiger partial charge in [-0.25, -0.2) is 0 Å². The number of hydrogen-bond donors (Lipinski definition) is 2. The van der Waals surface area contributed by atoms with Gasteiger partial charge in [-0.1, -0.05) is 13.0 Å². The summed E-state index contributed by atoms with van der Waals surface area (Å²) < 4.78 is 6.24. The van der Waals surface area contributed by atoms with Gasteiger partial charge in [0.05, 0.1) is 17.0 Å². The number of ether oxygens (including phenoxy) is 1. The van der Waals surface area contributed by atoms with Crippen molar-refractivity contribution >= 4 is 22.5 Å². The van der Waals surface area contributed by atoms with Crippen LogP contribution in [0.25, 0.3) is 10.9 Å². The van der Waals surface area contributed by atoms with Crippen LogP contribution in [0.4, 0.5) is 5.69 Å². The molecule has 24 heavy (non-hydrogen) atoms. The Balaban J connectivity index is 1.70. The van der Waals surface area contributed by atoms with E-state index >= 15 is 0 Å². The van der Waals surface area contributed by atoms with Gasteiger partial charge in [-0.3, -0.25) is 9.78 Å². The van der Waals surface area contributed by atoms with E-state index in [9.17, 15) is 4.79 Å². The molecule has 3 rings (SSSR count). The van der Waals surface area contributed by atoms with Crippen molar-refractivity contribution < 1.29 is 9.53 Å². The smallest absolute Gasteiger partial charge is 0.219 e. The lowest BCUT2D eigenvalue weighted by Crippen LogP contribution is -2.39. The molecule has 5 heteroatoms. The first kappa shape index (κ1) is 16.6. The highest BCUT2D eigenvalue weighted by Gasteiger charge is 2.24. The molecule has 2 aromatic rings. The number of benzene rings is 1. The van der Waals surface area contributed by atoms with Crippen molar-refractivity contribution in [3.63, 3.8) is 0 Å². The van der Waals surface area contributed by atoms with Gasteiger partial charge >= 0.3 is 0 Å². The molecule has 0 unspecified atom stereocenters. The summed E-state index contributed by atoms with van der Waals surface area (Å²) in [5, 5.41) is 3.97. The molecule has 1 aliphatic rings. The minimum absolute atomic E-state index is 0.127. The van der Waals surface area contributed by atoms with E-state index in [4.69, 9.17) is 10.5 Å². The highest BCUT2D eigenvalue weighted by Crippen LogP contribution is 2.33. The van der Waals surface area contributed by atoms with Crippen molar-refractivity contribution in [2.45, 2.75) is 58.1 Å². The van der Waals surface area contributed by atoms with Gasteiger partial charge in [-0.05, 0) is 50.8 Å². The van der Waals surface area contributed by atoms with Gasteiger partial charge in [0.25, 0.3) is 0 Å². The SMILES string of the molecule is CCC(=O)NC1CCC(Oc2cccc3nc(C)cc(N)c23)CC1. The van der Waals surface area contributed by atoms with Crippen LogP contribution in [0.5, 0.6) is 5.75 Å². The second kappa shape index (κ2) is 7.07. The van der Waals surface area contributed by atoms with Crippen molar-refractivity contribution in [2.75, 3.05) is 5.73 Å². The molecule has 1 heterocycles. The third-order valence-electron chi connectivity index (χ3n) is 4.61. The molecular formula is C19H25N3O2. The van der Waals surface area contributed by atoms with Gasteiger partial charge in [0.15, 0.2) is 0 Å².